The zero-order chi connectivity index (χ0) is 12.3. The Bertz CT molecular complexity index is 526. The van der Waals surface area contributed by atoms with Gasteiger partial charge in [-0.3, -0.25) is 0 Å². The number of anilines is 1. The lowest BCUT2D eigenvalue weighted by atomic mass is 10.3. The zero-order valence-corrected chi connectivity index (χ0v) is 10.5. The minimum atomic E-state index is -0.423. The molecule has 0 aliphatic carbocycles. The van der Waals surface area contributed by atoms with Gasteiger partial charge < -0.3 is 10.1 Å². The summed E-state index contributed by atoms with van der Waals surface area (Å²) < 4.78 is 4.93. The van der Waals surface area contributed by atoms with Gasteiger partial charge in [0, 0.05) is 0 Å². The van der Waals surface area contributed by atoms with Gasteiger partial charge in [-0.1, -0.05) is 0 Å². The van der Waals surface area contributed by atoms with E-state index < -0.39 is 6.04 Å². The Morgan fingerprint density at radius 1 is 1.59 bits per heavy atom. The fourth-order valence-corrected chi connectivity index (χ4v) is 2.17. The monoisotopic (exact) mass is 251 g/mol. The predicted octanol–water partition coefficient (Wildman–Crippen LogP) is 2.05. The fourth-order valence-electron chi connectivity index (χ4n) is 1.44. The molecule has 0 aromatic carbocycles. The lowest BCUT2D eigenvalue weighted by Gasteiger charge is -2.13. The second-order valence-corrected chi connectivity index (χ2v) is 4.37. The summed E-state index contributed by atoms with van der Waals surface area (Å²) in [5, 5.41) is 5.91. The van der Waals surface area contributed by atoms with Gasteiger partial charge in [0.2, 0.25) is 0 Å². The molecule has 0 saturated carbocycles. The predicted molar refractivity (Wildman–Crippen MR) is 67.1 cm³/mol. The Morgan fingerprint density at radius 2 is 2.41 bits per heavy atom. The molecule has 0 radical (unpaired) electrons. The summed E-state index contributed by atoms with van der Waals surface area (Å²) in [6.45, 7) is 3.91. The highest BCUT2D eigenvalue weighted by Gasteiger charge is 2.15. The smallest absolute Gasteiger partial charge is 0.328 e. The molecule has 0 bridgehead atoms. The van der Waals surface area contributed by atoms with Gasteiger partial charge in [-0.15, -0.1) is 11.3 Å². The summed E-state index contributed by atoms with van der Waals surface area (Å²) in [6, 6.07) is 1.51. The number of hydrogen-bond donors (Lipinski definition) is 1. The van der Waals surface area contributed by atoms with Crippen molar-refractivity contribution in [3.8, 4) is 0 Å². The number of carbonyl (C=O) groups excluding carboxylic acids is 1. The Kier molecular flexibility index (Phi) is 3.53. The van der Waals surface area contributed by atoms with Gasteiger partial charge in [-0.2, -0.15) is 0 Å². The van der Waals surface area contributed by atoms with Crippen molar-refractivity contribution in [2.24, 2.45) is 0 Å². The van der Waals surface area contributed by atoms with Crippen LogP contribution in [0.25, 0.3) is 10.2 Å². The molecule has 0 spiro atoms. The molecule has 5 nitrogen and oxygen atoms in total. The van der Waals surface area contributed by atoms with E-state index in [1.807, 2.05) is 11.4 Å². The van der Waals surface area contributed by atoms with Crippen LogP contribution >= 0.6 is 11.3 Å². The highest BCUT2D eigenvalue weighted by atomic mass is 32.1. The summed E-state index contributed by atoms with van der Waals surface area (Å²) in [7, 11) is 0. The summed E-state index contributed by atoms with van der Waals surface area (Å²) in [5.41, 5.74) is 0. The Labute approximate surface area is 103 Å². The minimum absolute atomic E-state index is 0.283. The average Bonchev–Trinajstić information content (AvgIpc) is 2.78. The quantitative estimate of drug-likeness (QED) is 0.843. The van der Waals surface area contributed by atoms with Crippen LogP contribution in [-0.2, 0) is 9.53 Å². The maximum atomic E-state index is 11.5. The van der Waals surface area contributed by atoms with Crippen molar-refractivity contribution in [2.75, 3.05) is 11.9 Å². The molecular weight excluding hydrogens is 238 g/mol. The van der Waals surface area contributed by atoms with E-state index in [2.05, 4.69) is 15.3 Å². The topological polar surface area (TPSA) is 64.1 Å². The number of nitrogens with zero attached hydrogens (tertiary/aromatic N) is 2. The van der Waals surface area contributed by atoms with Crippen molar-refractivity contribution < 1.29 is 9.53 Å². The van der Waals surface area contributed by atoms with Gasteiger partial charge in [0.15, 0.2) is 0 Å². The highest BCUT2D eigenvalue weighted by molar-refractivity contribution is 7.16. The van der Waals surface area contributed by atoms with Crippen molar-refractivity contribution in [1.29, 1.82) is 0 Å². The lowest BCUT2D eigenvalue weighted by Crippen LogP contribution is -2.28. The molecule has 2 aromatic rings. The third-order valence-corrected chi connectivity index (χ3v) is 3.08. The number of hydrogen-bond acceptors (Lipinski definition) is 6. The molecule has 2 aromatic heterocycles. The third kappa shape index (κ3) is 2.52. The van der Waals surface area contributed by atoms with Gasteiger partial charge in [-0.05, 0) is 25.3 Å². The summed E-state index contributed by atoms with van der Waals surface area (Å²) in [4.78, 5) is 20.7. The van der Waals surface area contributed by atoms with E-state index in [9.17, 15) is 4.79 Å². The van der Waals surface area contributed by atoms with Gasteiger partial charge in [0.25, 0.3) is 0 Å². The van der Waals surface area contributed by atoms with E-state index in [0.717, 1.165) is 10.2 Å². The van der Waals surface area contributed by atoms with Crippen molar-refractivity contribution in [1.82, 2.24) is 9.97 Å². The van der Waals surface area contributed by atoms with Crippen LogP contribution in [0.2, 0.25) is 0 Å². The SMILES string of the molecule is CCOC(=O)C(C)Nc1ncnc2sccc12. The fraction of sp³-hybridized carbons (Fsp3) is 0.364. The Morgan fingerprint density at radius 3 is 3.18 bits per heavy atom. The van der Waals surface area contributed by atoms with Crippen LogP contribution in [0.1, 0.15) is 13.8 Å². The molecule has 1 N–H and O–H groups in total. The van der Waals surface area contributed by atoms with Crippen molar-refractivity contribution in [3.63, 3.8) is 0 Å². The molecule has 0 saturated heterocycles. The summed E-state index contributed by atoms with van der Waals surface area (Å²) in [6.07, 6.45) is 1.49. The van der Waals surface area contributed by atoms with E-state index >= 15 is 0 Å². The van der Waals surface area contributed by atoms with Crippen molar-refractivity contribution in [2.45, 2.75) is 19.9 Å². The van der Waals surface area contributed by atoms with E-state index in [0.29, 0.717) is 12.4 Å². The number of fused-ring (bicyclic) bond motifs is 1. The van der Waals surface area contributed by atoms with Gasteiger partial charge >= 0.3 is 5.97 Å². The molecule has 0 aliphatic heterocycles. The van der Waals surface area contributed by atoms with E-state index in [1.165, 1.54) is 17.7 Å². The number of thiophene rings is 1. The van der Waals surface area contributed by atoms with Crippen LogP contribution < -0.4 is 5.32 Å². The average molecular weight is 251 g/mol. The number of carbonyl (C=O) groups is 1. The van der Waals surface area contributed by atoms with Crippen LogP contribution in [0.3, 0.4) is 0 Å². The summed E-state index contributed by atoms with van der Waals surface area (Å²) in [5.74, 6) is 0.381. The number of nitrogens with one attached hydrogen (secondary N) is 1. The second-order valence-electron chi connectivity index (χ2n) is 3.48. The number of aromatic nitrogens is 2. The van der Waals surface area contributed by atoms with Crippen LogP contribution in [0.4, 0.5) is 5.82 Å². The first-order valence-electron chi connectivity index (χ1n) is 5.33. The van der Waals surface area contributed by atoms with Crippen molar-refractivity contribution >= 4 is 33.3 Å². The third-order valence-electron chi connectivity index (χ3n) is 2.26. The zero-order valence-electron chi connectivity index (χ0n) is 9.64. The van der Waals surface area contributed by atoms with Crippen LogP contribution in [-0.4, -0.2) is 28.6 Å². The van der Waals surface area contributed by atoms with Gasteiger partial charge in [0.05, 0.1) is 12.0 Å². The maximum absolute atomic E-state index is 11.5. The van der Waals surface area contributed by atoms with Crippen LogP contribution in [0.5, 0.6) is 0 Å². The molecule has 1 atom stereocenters. The summed E-state index contributed by atoms with van der Waals surface area (Å²) >= 11 is 1.54. The lowest BCUT2D eigenvalue weighted by molar-refractivity contribution is -0.143. The number of ether oxygens (including phenoxy) is 1. The van der Waals surface area contributed by atoms with E-state index in [-0.39, 0.29) is 5.97 Å². The van der Waals surface area contributed by atoms with E-state index in [4.69, 9.17) is 4.74 Å². The molecular formula is C11H13N3O2S. The largest absolute Gasteiger partial charge is 0.464 e. The minimum Gasteiger partial charge on any atom is -0.464 e. The van der Waals surface area contributed by atoms with Crippen molar-refractivity contribution in [3.05, 3.63) is 17.8 Å². The normalized spacial score (nSPS) is 12.4. The van der Waals surface area contributed by atoms with Gasteiger partial charge in [-0.25, -0.2) is 14.8 Å². The molecule has 6 heteroatoms. The first-order valence-corrected chi connectivity index (χ1v) is 6.21. The molecule has 1 unspecified atom stereocenters. The first-order chi connectivity index (χ1) is 8.22. The highest BCUT2D eigenvalue weighted by Crippen LogP contribution is 2.24. The second kappa shape index (κ2) is 5.09. The molecule has 90 valence electrons. The Balaban J connectivity index is 2.18. The van der Waals surface area contributed by atoms with Gasteiger partial charge in [0.1, 0.15) is 23.0 Å². The first kappa shape index (κ1) is 11.8. The molecule has 0 fully saturated rings. The molecule has 2 heterocycles. The number of esters is 1. The standard InChI is InChI=1S/C11H13N3O2S/c1-3-16-11(15)7(2)14-9-8-4-5-17-10(8)13-6-12-9/h4-7H,3H2,1-2H3,(H,12,13,14). The number of rotatable bonds is 4. The van der Waals surface area contributed by atoms with E-state index in [1.54, 1.807) is 13.8 Å². The molecule has 2 rings (SSSR count). The maximum Gasteiger partial charge on any atom is 0.328 e. The molecule has 0 aliphatic rings. The Hall–Kier alpha value is -1.69. The van der Waals surface area contributed by atoms with Crippen LogP contribution in [0.15, 0.2) is 17.8 Å². The molecule has 0 amide bonds. The molecule has 17 heavy (non-hydrogen) atoms. The van der Waals surface area contributed by atoms with Crippen LogP contribution in [0, 0.1) is 0 Å².